The molecule has 0 unspecified atom stereocenters. The SMILES string of the molecule is Cc1cc([C@@H](C)Nc2ccccc2C#N)c2oc(-c3ccccc3F)c(C)c(=O)c2c1. The number of rotatable bonds is 4. The summed E-state index contributed by atoms with van der Waals surface area (Å²) in [5.41, 5.74) is 3.73. The van der Waals surface area contributed by atoms with Crippen molar-refractivity contribution in [3.63, 3.8) is 0 Å². The molecule has 0 saturated carbocycles. The van der Waals surface area contributed by atoms with E-state index in [1.54, 1.807) is 43.3 Å². The van der Waals surface area contributed by atoms with Crippen LogP contribution in [0.4, 0.5) is 10.1 Å². The maximum Gasteiger partial charge on any atom is 0.196 e. The predicted octanol–water partition coefficient (Wildman–Crippen LogP) is 6.26. The summed E-state index contributed by atoms with van der Waals surface area (Å²) in [6.07, 6.45) is 0. The topological polar surface area (TPSA) is 66.0 Å². The van der Waals surface area contributed by atoms with E-state index in [0.717, 1.165) is 11.1 Å². The smallest absolute Gasteiger partial charge is 0.196 e. The lowest BCUT2D eigenvalue weighted by Gasteiger charge is -2.19. The van der Waals surface area contributed by atoms with Crippen LogP contribution in [0.5, 0.6) is 0 Å². The van der Waals surface area contributed by atoms with Gasteiger partial charge in [0.05, 0.1) is 28.2 Å². The van der Waals surface area contributed by atoms with E-state index in [0.29, 0.717) is 27.8 Å². The molecule has 3 aromatic carbocycles. The van der Waals surface area contributed by atoms with Gasteiger partial charge in [-0.1, -0.05) is 30.3 Å². The highest BCUT2D eigenvalue weighted by Crippen LogP contribution is 2.33. The number of fused-ring (bicyclic) bond motifs is 1. The number of aryl methyl sites for hydroxylation is 1. The fraction of sp³-hybridized carbons (Fsp3) is 0.154. The number of para-hydroxylation sites is 1. The molecule has 1 atom stereocenters. The normalized spacial score (nSPS) is 11.8. The molecule has 0 radical (unpaired) electrons. The molecule has 5 heteroatoms. The van der Waals surface area contributed by atoms with Gasteiger partial charge in [0.1, 0.15) is 23.2 Å². The number of anilines is 1. The molecule has 0 fully saturated rings. The predicted molar refractivity (Wildman–Crippen MR) is 121 cm³/mol. The highest BCUT2D eigenvalue weighted by Gasteiger charge is 2.20. The van der Waals surface area contributed by atoms with Crippen LogP contribution in [-0.2, 0) is 0 Å². The Bertz CT molecular complexity index is 1400. The van der Waals surface area contributed by atoms with Crippen LogP contribution >= 0.6 is 0 Å². The van der Waals surface area contributed by atoms with E-state index in [9.17, 15) is 14.4 Å². The molecule has 0 amide bonds. The molecule has 0 aliphatic rings. The maximum absolute atomic E-state index is 14.5. The largest absolute Gasteiger partial charge is 0.455 e. The molecule has 0 saturated heterocycles. The number of hydrogen-bond acceptors (Lipinski definition) is 4. The molecule has 31 heavy (non-hydrogen) atoms. The standard InChI is InChI=1S/C26H21FN2O2/c1-15-12-20(17(3)29-23-11-7-4-8-18(23)14-28)26-21(13-15)24(30)16(2)25(31-26)19-9-5-6-10-22(19)27/h4-13,17,29H,1-3H3/t17-/m1/s1. The number of hydrogen-bond donors (Lipinski definition) is 1. The summed E-state index contributed by atoms with van der Waals surface area (Å²) in [6.45, 7) is 5.50. The van der Waals surface area contributed by atoms with Crippen molar-refractivity contribution in [2.24, 2.45) is 0 Å². The van der Waals surface area contributed by atoms with Crippen molar-refractivity contribution in [1.29, 1.82) is 5.26 Å². The van der Waals surface area contributed by atoms with Crippen LogP contribution in [0.15, 0.2) is 69.9 Å². The number of nitrogens with zero attached hydrogens (tertiary/aromatic N) is 1. The van der Waals surface area contributed by atoms with Crippen molar-refractivity contribution in [3.8, 4) is 17.4 Å². The summed E-state index contributed by atoms with van der Waals surface area (Å²) in [6, 6.07) is 19.1. The summed E-state index contributed by atoms with van der Waals surface area (Å²) in [5.74, 6) is -0.221. The molecule has 154 valence electrons. The van der Waals surface area contributed by atoms with Gasteiger partial charge >= 0.3 is 0 Å². The van der Waals surface area contributed by atoms with Gasteiger partial charge in [-0.05, 0) is 56.7 Å². The minimum absolute atomic E-state index is 0.186. The fourth-order valence-electron chi connectivity index (χ4n) is 3.81. The molecule has 4 aromatic rings. The molecule has 1 heterocycles. The summed E-state index contributed by atoms with van der Waals surface area (Å²) < 4.78 is 20.7. The molecule has 1 aromatic heterocycles. The number of nitrogens with one attached hydrogen (secondary N) is 1. The lowest BCUT2D eigenvalue weighted by molar-refractivity contribution is 0.586. The molecule has 0 aliphatic heterocycles. The van der Waals surface area contributed by atoms with Crippen molar-refractivity contribution >= 4 is 16.7 Å². The Kier molecular flexibility index (Phi) is 5.31. The summed E-state index contributed by atoms with van der Waals surface area (Å²) in [5, 5.41) is 13.2. The van der Waals surface area contributed by atoms with Gasteiger partial charge in [-0.15, -0.1) is 0 Å². The summed E-state index contributed by atoms with van der Waals surface area (Å²) in [7, 11) is 0. The van der Waals surface area contributed by atoms with Crippen LogP contribution in [0, 0.1) is 31.0 Å². The van der Waals surface area contributed by atoms with Gasteiger partial charge in [-0.2, -0.15) is 5.26 Å². The lowest BCUT2D eigenvalue weighted by atomic mass is 9.98. The Balaban J connectivity index is 1.92. The van der Waals surface area contributed by atoms with E-state index in [1.807, 2.05) is 32.0 Å². The average Bonchev–Trinajstić information content (AvgIpc) is 2.77. The van der Waals surface area contributed by atoms with Gasteiger partial charge < -0.3 is 9.73 Å². The third-order valence-electron chi connectivity index (χ3n) is 5.40. The molecule has 4 nitrogen and oxygen atoms in total. The first kappa shape index (κ1) is 20.4. The summed E-state index contributed by atoms with van der Waals surface area (Å²) in [4.78, 5) is 13.2. The van der Waals surface area contributed by atoms with Crippen molar-refractivity contribution in [3.05, 3.63) is 99.0 Å². The van der Waals surface area contributed by atoms with Crippen molar-refractivity contribution < 1.29 is 8.81 Å². The lowest BCUT2D eigenvalue weighted by Crippen LogP contribution is -2.13. The van der Waals surface area contributed by atoms with E-state index in [1.165, 1.54) is 6.07 Å². The van der Waals surface area contributed by atoms with Crippen molar-refractivity contribution in [2.75, 3.05) is 5.32 Å². The monoisotopic (exact) mass is 412 g/mol. The first-order valence-corrected chi connectivity index (χ1v) is 9.99. The van der Waals surface area contributed by atoms with Gasteiger partial charge in [0.2, 0.25) is 0 Å². The second-order valence-electron chi connectivity index (χ2n) is 7.62. The Morgan fingerprint density at radius 1 is 1.06 bits per heavy atom. The van der Waals surface area contributed by atoms with Gasteiger partial charge in [0.25, 0.3) is 0 Å². The first-order valence-electron chi connectivity index (χ1n) is 9.99. The first-order chi connectivity index (χ1) is 14.9. The second-order valence-corrected chi connectivity index (χ2v) is 7.62. The highest BCUT2D eigenvalue weighted by molar-refractivity contribution is 5.84. The van der Waals surface area contributed by atoms with Crippen LogP contribution in [0.2, 0.25) is 0 Å². The Morgan fingerprint density at radius 3 is 2.52 bits per heavy atom. The van der Waals surface area contributed by atoms with E-state index in [-0.39, 0.29) is 22.8 Å². The Morgan fingerprint density at radius 2 is 1.77 bits per heavy atom. The van der Waals surface area contributed by atoms with Crippen LogP contribution in [-0.4, -0.2) is 0 Å². The van der Waals surface area contributed by atoms with Crippen molar-refractivity contribution in [2.45, 2.75) is 26.8 Å². The minimum Gasteiger partial charge on any atom is -0.455 e. The molecular formula is C26H21FN2O2. The fourth-order valence-corrected chi connectivity index (χ4v) is 3.81. The molecular weight excluding hydrogens is 391 g/mol. The molecule has 0 bridgehead atoms. The van der Waals surface area contributed by atoms with Gasteiger partial charge in [0, 0.05) is 11.1 Å². The van der Waals surface area contributed by atoms with E-state index >= 15 is 0 Å². The van der Waals surface area contributed by atoms with Crippen LogP contribution in [0.1, 0.15) is 35.2 Å². The third-order valence-corrected chi connectivity index (χ3v) is 5.40. The third kappa shape index (κ3) is 3.69. The molecule has 0 spiro atoms. The molecule has 4 rings (SSSR count). The number of halogens is 1. The molecule has 0 aliphatic carbocycles. The minimum atomic E-state index is -0.448. The maximum atomic E-state index is 14.5. The zero-order valence-corrected chi connectivity index (χ0v) is 17.5. The zero-order chi connectivity index (χ0) is 22.1. The van der Waals surface area contributed by atoms with Gasteiger partial charge in [0.15, 0.2) is 5.43 Å². The number of nitriles is 1. The van der Waals surface area contributed by atoms with E-state index in [4.69, 9.17) is 4.42 Å². The Labute approximate surface area is 179 Å². The van der Waals surface area contributed by atoms with E-state index < -0.39 is 5.82 Å². The van der Waals surface area contributed by atoms with Gasteiger partial charge in [-0.25, -0.2) is 4.39 Å². The van der Waals surface area contributed by atoms with Crippen molar-refractivity contribution in [1.82, 2.24) is 0 Å². The zero-order valence-electron chi connectivity index (χ0n) is 17.5. The van der Waals surface area contributed by atoms with Crippen LogP contribution < -0.4 is 10.7 Å². The summed E-state index contributed by atoms with van der Waals surface area (Å²) >= 11 is 0. The highest BCUT2D eigenvalue weighted by atomic mass is 19.1. The Hall–Kier alpha value is -3.91. The second kappa shape index (κ2) is 8.08. The van der Waals surface area contributed by atoms with E-state index in [2.05, 4.69) is 11.4 Å². The van der Waals surface area contributed by atoms with Crippen LogP contribution in [0.25, 0.3) is 22.3 Å². The number of benzene rings is 3. The molecule has 1 N–H and O–H groups in total. The average molecular weight is 412 g/mol. The quantitative estimate of drug-likeness (QED) is 0.430. The van der Waals surface area contributed by atoms with Gasteiger partial charge in [-0.3, -0.25) is 4.79 Å². The van der Waals surface area contributed by atoms with Crippen LogP contribution in [0.3, 0.4) is 0 Å².